The molecule has 0 saturated carbocycles. The van der Waals surface area contributed by atoms with E-state index in [9.17, 15) is 4.79 Å². The third-order valence-corrected chi connectivity index (χ3v) is 3.68. The maximum absolute atomic E-state index is 12.0. The van der Waals surface area contributed by atoms with E-state index in [1.807, 2.05) is 24.3 Å². The summed E-state index contributed by atoms with van der Waals surface area (Å²) in [6.45, 7) is 6.09. The van der Waals surface area contributed by atoms with Crippen molar-refractivity contribution in [1.29, 1.82) is 0 Å². The van der Waals surface area contributed by atoms with Gasteiger partial charge in [0.2, 0.25) is 5.91 Å². The van der Waals surface area contributed by atoms with Gasteiger partial charge in [-0.15, -0.1) is 12.4 Å². The number of halogens is 1. The van der Waals surface area contributed by atoms with Gasteiger partial charge in [0.15, 0.2) is 0 Å². The summed E-state index contributed by atoms with van der Waals surface area (Å²) in [7, 11) is 0. The van der Waals surface area contributed by atoms with E-state index in [2.05, 4.69) is 24.5 Å². The van der Waals surface area contributed by atoms with Gasteiger partial charge in [-0.3, -0.25) is 4.79 Å². The lowest BCUT2D eigenvalue weighted by Gasteiger charge is -2.12. The zero-order chi connectivity index (χ0) is 15.1. The van der Waals surface area contributed by atoms with Crippen LogP contribution in [0.1, 0.15) is 39.5 Å². The van der Waals surface area contributed by atoms with Crippen molar-refractivity contribution in [2.75, 3.05) is 18.5 Å². The van der Waals surface area contributed by atoms with E-state index < -0.39 is 0 Å². The fourth-order valence-corrected chi connectivity index (χ4v) is 2.44. The molecule has 0 spiro atoms. The lowest BCUT2D eigenvalue weighted by molar-refractivity contribution is -0.116. The number of hydrogen-bond donors (Lipinski definition) is 2. The zero-order valence-corrected chi connectivity index (χ0v) is 14.2. The van der Waals surface area contributed by atoms with Crippen LogP contribution in [0.3, 0.4) is 0 Å². The summed E-state index contributed by atoms with van der Waals surface area (Å²) in [5.41, 5.74) is 0.806. The number of hydrogen-bond acceptors (Lipinski definition) is 3. The Hall–Kier alpha value is -1.26. The molecule has 1 aliphatic rings. The summed E-state index contributed by atoms with van der Waals surface area (Å²) in [4.78, 5) is 12.0. The van der Waals surface area contributed by atoms with Gasteiger partial charge in [-0.1, -0.05) is 19.9 Å². The van der Waals surface area contributed by atoms with Crippen LogP contribution in [0.2, 0.25) is 0 Å². The summed E-state index contributed by atoms with van der Waals surface area (Å²) in [5, 5.41) is 6.29. The van der Waals surface area contributed by atoms with E-state index >= 15 is 0 Å². The highest BCUT2D eigenvalue weighted by Gasteiger charge is 2.17. The second kappa shape index (κ2) is 9.70. The van der Waals surface area contributed by atoms with Gasteiger partial charge in [-0.2, -0.15) is 0 Å². The minimum absolute atomic E-state index is 0. The van der Waals surface area contributed by atoms with E-state index in [0.29, 0.717) is 25.0 Å². The van der Waals surface area contributed by atoms with Crippen molar-refractivity contribution in [3.05, 3.63) is 24.3 Å². The average molecular weight is 327 g/mol. The molecule has 1 aromatic rings. The molecular formula is C17H27ClN2O2. The van der Waals surface area contributed by atoms with Crippen molar-refractivity contribution >= 4 is 24.0 Å². The van der Waals surface area contributed by atoms with Crippen LogP contribution in [0, 0.1) is 5.92 Å². The van der Waals surface area contributed by atoms with Crippen LogP contribution >= 0.6 is 12.4 Å². The molecule has 124 valence electrons. The molecule has 22 heavy (non-hydrogen) atoms. The van der Waals surface area contributed by atoms with E-state index in [-0.39, 0.29) is 18.3 Å². The summed E-state index contributed by atoms with van der Waals surface area (Å²) < 4.78 is 5.71. The second-order valence-corrected chi connectivity index (χ2v) is 6.10. The van der Waals surface area contributed by atoms with Crippen molar-refractivity contribution in [2.45, 2.75) is 45.6 Å². The Morgan fingerprint density at radius 2 is 2.27 bits per heavy atom. The SMILES string of the molecule is CC(C)CCOc1cccc(NC(=O)CC2CCCN2)c1.Cl. The molecule has 0 bridgehead atoms. The van der Waals surface area contributed by atoms with Gasteiger partial charge < -0.3 is 15.4 Å². The summed E-state index contributed by atoms with van der Waals surface area (Å²) >= 11 is 0. The van der Waals surface area contributed by atoms with Crippen LogP contribution in [-0.4, -0.2) is 25.1 Å². The van der Waals surface area contributed by atoms with Crippen LogP contribution < -0.4 is 15.4 Å². The molecule has 1 heterocycles. The second-order valence-electron chi connectivity index (χ2n) is 6.10. The summed E-state index contributed by atoms with van der Waals surface area (Å²) in [6.07, 6.45) is 3.82. The van der Waals surface area contributed by atoms with Gasteiger partial charge in [0.1, 0.15) is 5.75 Å². The van der Waals surface area contributed by atoms with Crippen molar-refractivity contribution in [3.8, 4) is 5.75 Å². The highest BCUT2D eigenvalue weighted by Crippen LogP contribution is 2.19. The van der Waals surface area contributed by atoms with Crippen LogP contribution in [0.25, 0.3) is 0 Å². The number of carbonyl (C=O) groups is 1. The first-order chi connectivity index (χ1) is 10.1. The van der Waals surface area contributed by atoms with Crippen molar-refractivity contribution in [3.63, 3.8) is 0 Å². The molecule has 2 N–H and O–H groups in total. The minimum atomic E-state index is 0. The van der Waals surface area contributed by atoms with Crippen LogP contribution in [0.4, 0.5) is 5.69 Å². The number of rotatable bonds is 7. The Bertz CT molecular complexity index is 460. The summed E-state index contributed by atoms with van der Waals surface area (Å²) in [6, 6.07) is 7.95. The fourth-order valence-electron chi connectivity index (χ4n) is 2.44. The highest BCUT2D eigenvalue weighted by atomic mass is 35.5. The van der Waals surface area contributed by atoms with Gasteiger partial charge in [-0.25, -0.2) is 0 Å². The molecule has 5 heteroatoms. The molecule has 4 nitrogen and oxygen atoms in total. The third-order valence-electron chi connectivity index (χ3n) is 3.68. The Balaban J connectivity index is 0.00000242. The van der Waals surface area contributed by atoms with Crippen molar-refractivity contribution in [2.24, 2.45) is 5.92 Å². The van der Waals surface area contributed by atoms with Crippen LogP contribution in [-0.2, 0) is 4.79 Å². The molecule has 0 radical (unpaired) electrons. The van der Waals surface area contributed by atoms with Gasteiger partial charge in [0.25, 0.3) is 0 Å². The largest absolute Gasteiger partial charge is 0.494 e. The maximum Gasteiger partial charge on any atom is 0.225 e. The van der Waals surface area contributed by atoms with E-state index in [0.717, 1.165) is 37.2 Å². The third kappa shape index (κ3) is 6.67. The van der Waals surface area contributed by atoms with Gasteiger partial charge in [0, 0.05) is 24.2 Å². The fraction of sp³-hybridized carbons (Fsp3) is 0.588. The zero-order valence-electron chi connectivity index (χ0n) is 13.4. The molecular weight excluding hydrogens is 300 g/mol. The topological polar surface area (TPSA) is 50.4 Å². The number of carbonyl (C=O) groups excluding carboxylic acids is 1. The first-order valence-corrected chi connectivity index (χ1v) is 7.89. The Labute approximate surface area is 139 Å². The average Bonchev–Trinajstić information content (AvgIpc) is 2.91. The first-order valence-electron chi connectivity index (χ1n) is 7.89. The smallest absolute Gasteiger partial charge is 0.225 e. The van der Waals surface area contributed by atoms with E-state index in [4.69, 9.17) is 4.74 Å². The Morgan fingerprint density at radius 1 is 1.45 bits per heavy atom. The Morgan fingerprint density at radius 3 is 2.95 bits per heavy atom. The molecule has 1 aliphatic heterocycles. The minimum Gasteiger partial charge on any atom is -0.494 e. The molecule has 2 rings (SSSR count). The van der Waals surface area contributed by atoms with E-state index in [1.54, 1.807) is 0 Å². The number of amides is 1. The monoisotopic (exact) mass is 326 g/mol. The van der Waals surface area contributed by atoms with Crippen molar-refractivity contribution in [1.82, 2.24) is 5.32 Å². The molecule has 0 aliphatic carbocycles. The Kier molecular flexibility index (Phi) is 8.28. The van der Waals surface area contributed by atoms with Gasteiger partial charge >= 0.3 is 0 Å². The number of ether oxygens (including phenoxy) is 1. The number of anilines is 1. The van der Waals surface area contributed by atoms with Crippen molar-refractivity contribution < 1.29 is 9.53 Å². The number of nitrogens with one attached hydrogen (secondary N) is 2. The quantitative estimate of drug-likeness (QED) is 0.804. The molecule has 1 atom stereocenters. The molecule has 1 aromatic carbocycles. The van der Waals surface area contributed by atoms with E-state index in [1.165, 1.54) is 0 Å². The standard InChI is InChI=1S/C17H26N2O2.ClH/c1-13(2)8-10-21-16-7-3-5-15(11-16)19-17(20)12-14-6-4-9-18-14;/h3,5,7,11,13-14,18H,4,6,8-10,12H2,1-2H3,(H,19,20);1H. The van der Waals surface area contributed by atoms with Gasteiger partial charge in [0.05, 0.1) is 6.61 Å². The molecule has 0 aromatic heterocycles. The van der Waals surface area contributed by atoms with Gasteiger partial charge in [-0.05, 0) is 43.9 Å². The molecule has 1 amide bonds. The number of benzene rings is 1. The summed E-state index contributed by atoms with van der Waals surface area (Å²) in [5.74, 6) is 1.51. The van der Waals surface area contributed by atoms with Crippen LogP contribution in [0.5, 0.6) is 5.75 Å². The first kappa shape index (κ1) is 18.8. The highest BCUT2D eigenvalue weighted by molar-refractivity contribution is 5.91. The molecule has 1 fully saturated rings. The molecule has 1 saturated heterocycles. The maximum atomic E-state index is 12.0. The predicted octanol–water partition coefficient (Wildman–Crippen LogP) is 3.61. The molecule has 1 unspecified atom stereocenters. The normalized spacial score (nSPS) is 17.1. The lowest BCUT2D eigenvalue weighted by atomic mass is 10.1. The van der Waals surface area contributed by atoms with Crippen LogP contribution in [0.15, 0.2) is 24.3 Å². The predicted molar refractivity (Wildman–Crippen MR) is 92.9 cm³/mol. The lowest BCUT2D eigenvalue weighted by Crippen LogP contribution is -2.27.